The average molecular weight is 425 g/mol. The second kappa shape index (κ2) is 6.99. The summed E-state index contributed by atoms with van der Waals surface area (Å²) in [6.07, 6.45) is 4.33. The summed E-state index contributed by atoms with van der Waals surface area (Å²) in [6.45, 7) is 4.67. The Morgan fingerprint density at radius 2 is 2.00 bits per heavy atom. The minimum Gasteiger partial charge on any atom is -0.493 e. The average Bonchev–Trinajstić information content (AvgIpc) is 3.35. The summed E-state index contributed by atoms with van der Waals surface area (Å²) in [6, 6.07) is 12.9. The zero-order valence-electron chi connectivity index (χ0n) is 17.2. The van der Waals surface area contributed by atoms with Crippen LogP contribution in [0.15, 0.2) is 41.3 Å². The molecule has 2 aromatic carbocycles. The minimum absolute atomic E-state index is 0.250. The van der Waals surface area contributed by atoms with E-state index >= 15 is 0 Å². The van der Waals surface area contributed by atoms with Crippen molar-refractivity contribution in [2.24, 2.45) is 0 Å². The smallest absolute Gasteiger partial charge is 0.182 e. The highest BCUT2D eigenvalue weighted by molar-refractivity contribution is 7.91. The molecule has 0 aromatic heterocycles. The van der Waals surface area contributed by atoms with E-state index in [-0.39, 0.29) is 5.75 Å². The lowest BCUT2D eigenvalue weighted by Gasteiger charge is -2.40. The molecular weight excluding hydrogens is 396 g/mol. The van der Waals surface area contributed by atoms with Crippen LogP contribution in [-0.2, 0) is 22.7 Å². The van der Waals surface area contributed by atoms with Crippen LogP contribution in [-0.4, -0.2) is 57.9 Å². The monoisotopic (exact) mass is 424 g/mol. The number of likely N-dealkylation sites (tertiary alicyclic amines) is 1. The van der Waals surface area contributed by atoms with Gasteiger partial charge in [-0.3, -0.25) is 0 Å². The van der Waals surface area contributed by atoms with Crippen LogP contribution < -0.4 is 9.64 Å². The highest BCUT2D eigenvalue weighted by Crippen LogP contribution is 2.49. The van der Waals surface area contributed by atoms with E-state index in [1.165, 1.54) is 16.7 Å². The second-order valence-electron chi connectivity index (χ2n) is 9.08. The molecule has 158 valence electrons. The van der Waals surface area contributed by atoms with Crippen molar-refractivity contribution in [1.29, 1.82) is 0 Å². The number of fused-ring (bicyclic) bond motifs is 4. The zero-order valence-corrected chi connectivity index (χ0v) is 18.0. The van der Waals surface area contributed by atoms with Gasteiger partial charge in [-0.2, -0.15) is 0 Å². The van der Waals surface area contributed by atoms with E-state index in [4.69, 9.17) is 4.74 Å². The van der Waals surface area contributed by atoms with Crippen molar-refractivity contribution in [2.75, 3.05) is 43.4 Å². The maximum atomic E-state index is 12.6. The van der Waals surface area contributed by atoms with E-state index in [0.717, 1.165) is 63.4 Å². The number of nitrogens with zero attached hydrogens (tertiary/aromatic N) is 2. The molecule has 0 amide bonds. The molecule has 6 heteroatoms. The van der Waals surface area contributed by atoms with Crippen molar-refractivity contribution in [3.8, 4) is 5.75 Å². The maximum absolute atomic E-state index is 12.6. The molecule has 0 bridgehead atoms. The van der Waals surface area contributed by atoms with Gasteiger partial charge >= 0.3 is 0 Å². The largest absolute Gasteiger partial charge is 0.493 e. The summed E-state index contributed by atoms with van der Waals surface area (Å²) in [5, 5.41) is 0. The molecule has 4 aliphatic heterocycles. The van der Waals surface area contributed by atoms with E-state index in [9.17, 15) is 8.42 Å². The number of ether oxygens (including phenoxy) is 1. The molecule has 0 N–H and O–H groups in total. The van der Waals surface area contributed by atoms with Gasteiger partial charge in [-0.15, -0.1) is 0 Å². The molecule has 2 aromatic rings. The molecule has 2 atom stereocenters. The van der Waals surface area contributed by atoms with Crippen LogP contribution >= 0.6 is 0 Å². The summed E-state index contributed by atoms with van der Waals surface area (Å²) in [7, 11) is -3.13. The standard InChI is InChI=1S/C24H28N2O3S/c27-30(28)15-13-26-21-9-12-25(16-20(21)19-7-2-8-22(30)23(19)26)11-3-6-17-4-1-5-18-10-14-29-24(17)18/h1-2,4-5,7-8,20-21H,3,6,9-16H2/t20-,21-/m0/s1. The fourth-order valence-corrected chi connectivity index (χ4v) is 7.50. The van der Waals surface area contributed by atoms with Crippen molar-refractivity contribution in [3.05, 3.63) is 53.1 Å². The molecule has 5 nitrogen and oxygen atoms in total. The predicted octanol–water partition coefficient (Wildman–Crippen LogP) is 3.02. The molecule has 0 saturated carbocycles. The molecular formula is C24H28N2O3S. The topological polar surface area (TPSA) is 49.9 Å². The van der Waals surface area contributed by atoms with Crippen molar-refractivity contribution in [3.63, 3.8) is 0 Å². The molecule has 1 fully saturated rings. The van der Waals surface area contributed by atoms with Crippen LogP contribution in [0, 0.1) is 0 Å². The van der Waals surface area contributed by atoms with E-state index in [1.54, 1.807) is 6.07 Å². The first-order chi connectivity index (χ1) is 14.6. The van der Waals surface area contributed by atoms with Gasteiger partial charge in [-0.1, -0.05) is 30.3 Å². The number of rotatable bonds is 4. The Labute approximate surface area is 178 Å². The number of benzene rings is 2. The molecule has 0 spiro atoms. The Balaban J connectivity index is 1.16. The fraction of sp³-hybridized carbons (Fsp3) is 0.500. The first-order valence-electron chi connectivity index (χ1n) is 11.2. The normalized spacial score (nSPS) is 26.1. The molecule has 4 heterocycles. The predicted molar refractivity (Wildman–Crippen MR) is 117 cm³/mol. The lowest BCUT2D eigenvalue weighted by atomic mass is 9.89. The van der Waals surface area contributed by atoms with Crippen molar-refractivity contribution >= 4 is 15.5 Å². The summed E-state index contributed by atoms with van der Waals surface area (Å²) in [4.78, 5) is 5.54. The lowest BCUT2D eigenvalue weighted by molar-refractivity contribution is 0.192. The van der Waals surface area contributed by atoms with Gasteiger partial charge in [0, 0.05) is 38.0 Å². The van der Waals surface area contributed by atoms with Crippen LogP contribution in [0.2, 0.25) is 0 Å². The van der Waals surface area contributed by atoms with Gasteiger partial charge in [0.05, 0.1) is 22.9 Å². The number of hydrogen-bond donors (Lipinski definition) is 0. The maximum Gasteiger partial charge on any atom is 0.182 e. The third-order valence-corrected chi connectivity index (χ3v) is 9.15. The van der Waals surface area contributed by atoms with Crippen LogP contribution in [0.25, 0.3) is 0 Å². The summed E-state index contributed by atoms with van der Waals surface area (Å²) < 4.78 is 31.0. The molecule has 6 rings (SSSR count). The van der Waals surface area contributed by atoms with Crippen LogP contribution in [0.5, 0.6) is 5.75 Å². The molecule has 30 heavy (non-hydrogen) atoms. The zero-order chi connectivity index (χ0) is 20.3. The number of anilines is 1. The van der Waals surface area contributed by atoms with Crippen molar-refractivity contribution in [2.45, 2.75) is 42.5 Å². The van der Waals surface area contributed by atoms with E-state index < -0.39 is 9.84 Å². The third kappa shape index (κ3) is 2.88. The number of piperidine rings is 1. The molecule has 0 unspecified atom stereocenters. The minimum atomic E-state index is -3.13. The molecule has 0 radical (unpaired) electrons. The number of aryl methyl sites for hydroxylation is 1. The molecule has 1 saturated heterocycles. The SMILES string of the molecule is O=S1(=O)CCN2c3c(cccc31)[C@@H]1CN(CCCc3cccc4c3OCC4)CC[C@@H]12. The van der Waals surface area contributed by atoms with Crippen LogP contribution in [0.3, 0.4) is 0 Å². The van der Waals surface area contributed by atoms with E-state index in [0.29, 0.717) is 23.4 Å². The lowest BCUT2D eigenvalue weighted by Crippen LogP contribution is -2.48. The fourth-order valence-electron chi connectivity index (χ4n) is 6.03. The van der Waals surface area contributed by atoms with Gasteiger partial charge in [-0.05, 0) is 48.6 Å². The van der Waals surface area contributed by atoms with Crippen molar-refractivity contribution < 1.29 is 13.2 Å². The van der Waals surface area contributed by atoms with Gasteiger partial charge in [0.1, 0.15) is 5.75 Å². The van der Waals surface area contributed by atoms with Gasteiger partial charge in [0.2, 0.25) is 0 Å². The quantitative estimate of drug-likeness (QED) is 0.755. The number of hydrogen-bond acceptors (Lipinski definition) is 5. The highest BCUT2D eigenvalue weighted by atomic mass is 32.2. The third-order valence-electron chi connectivity index (χ3n) is 7.43. The Hall–Kier alpha value is -2.05. The first-order valence-corrected chi connectivity index (χ1v) is 12.9. The van der Waals surface area contributed by atoms with Gasteiger partial charge in [0.15, 0.2) is 9.84 Å². The van der Waals surface area contributed by atoms with Crippen molar-refractivity contribution in [1.82, 2.24) is 4.90 Å². The Bertz CT molecular complexity index is 1100. The van der Waals surface area contributed by atoms with Gasteiger partial charge in [0.25, 0.3) is 0 Å². The second-order valence-corrected chi connectivity index (χ2v) is 11.2. The summed E-state index contributed by atoms with van der Waals surface area (Å²) in [5.41, 5.74) is 4.96. The Morgan fingerprint density at radius 1 is 1.10 bits per heavy atom. The Morgan fingerprint density at radius 3 is 2.93 bits per heavy atom. The van der Waals surface area contributed by atoms with E-state index in [2.05, 4.69) is 34.1 Å². The number of sulfone groups is 1. The highest BCUT2D eigenvalue weighted by Gasteiger charge is 2.46. The van der Waals surface area contributed by atoms with E-state index in [1.807, 2.05) is 6.07 Å². The van der Waals surface area contributed by atoms with Crippen LogP contribution in [0.4, 0.5) is 5.69 Å². The number of para-hydroxylation sites is 2. The molecule has 0 aliphatic carbocycles. The first kappa shape index (κ1) is 18.7. The van der Waals surface area contributed by atoms with Gasteiger partial charge < -0.3 is 14.5 Å². The summed E-state index contributed by atoms with van der Waals surface area (Å²) in [5.74, 6) is 1.80. The molecule has 4 aliphatic rings. The van der Waals surface area contributed by atoms with Crippen LogP contribution in [0.1, 0.15) is 35.4 Å². The summed E-state index contributed by atoms with van der Waals surface area (Å²) >= 11 is 0. The Kier molecular flexibility index (Phi) is 4.36. The van der Waals surface area contributed by atoms with Gasteiger partial charge in [-0.25, -0.2) is 8.42 Å².